The van der Waals surface area contributed by atoms with Crippen LogP contribution in [0.4, 0.5) is 0 Å². The van der Waals surface area contributed by atoms with Crippen molar-refractivity contribution in [3.8, 4) is 11.4 Å². The number of nitrogens with zero attached hydrogens (tertiary/aromatic N) is 4. The molecular formula is C22H32N6O2. The first kappa shape index (κ1) is 22.0. The van der Waals surface area contributed by atoms with Crippen molar-refractivity contribution in [3.05, 3.63) is 35.4 Å². The largest absolute Gasteiger partial charge is 0.357 e. The van der Waals surface area contributed by atoms with E-state index in [1.54, 1.807) is 19.4 Å². The standard InChI is InChI=1S/C22H32N6O2/c1-14-8-9-24-12-15(14)19-25-17(16-13-27(6)10-7-11-28(16)19)20(29)26-18(21(30)23-5)22(2,3)4/h8-9,12,18H,7,10-11,13H2,1-6H3,(H,23,30)(H,26,29)/t18-/m1/s1. The van der Waals surface area contributed by atoms with Gasteiger partial charge in [-0.25, -0.2) is 4.98 Å². The number of likely N-dealkylation sites (N-methyl/N-ethyl adjacent to an activating group) is 1. The zero-order valence-corrected chi connectivity index (χ0v) is 18.7. The van der Waals surface area contributed by atoms with Crippen LogP contribution in [0.25, 0.3) is 11.4 Å². The molecule has 2 aromatic heterocycles. The minimum atomic E-state index is -0.667. The molecule has 1 aliphatic rings. The molecule has 0 fully saturated rings. The second kappa shape index (κ2) is 8.55. The molecule has 2 amide bonds. The second-order valence-electron chi connectivity index (χ2n) is 9.05. The van der Waals surface area contributed by atoms with Gasteiger partial charge in [0.15, 0.2) is 5.69 Å². The van der Waals surface area contributed by atoms with Gasteiger partial charge < -0.3 is 20.1 Å². The first-order valence-electron chi connectivity index (χ1n) is 10.3. The monoisotopic (exact) mass is 412 g/mol. The third-order valence-electron chi connectivity index (χ3n) is 5.56. The van der Waals surface area contributed by atoms with Crippen LogP contribution in [-0.4, -0.2) is 57.9 Å². The molecule has 3 rings (SSSR count). The predicted octanol–water partition coefficient (Wildman–Crippen LogP) is 1.98. The minimum absolute atomic E-state index is 0.221. The van der Waals surface area contributed by atoms with Gasteiger partial charge in [0.1, 0.15) is 11.9 Å². The van der Waals surface area contributed by atoms with E-state index in [1.165, 1.54) is 0 Å². The maximum absolute atomic E-state index is 13.3. The molecule has 162 valence electrons. The normalized spacial score (nSPS) is 15.8. The lowest BCUT2D eigenvalue weighted by atomic mass is 9.86. The predicted molar refractivity (Wildman–Crippen MR) is 116 cm³/mol. The smallest absolute Gasteiger partial charge is 0.272 e. The fraction of sp³-hybridized carbons (Fsp3) is 0.545. The zero-order valence-electron chi connectivity index (χ0n) is 18.7. The average Bonchev–Trinajstić information content (AvgIpc) is 2.91. The molecule has 8 nitrogen and oxygen atoms in total. The van der Waals surface area contributed by atoms with Crippen LogP contribution in [0.1, 0.15) is 48.9 Å². The Kier molecular flexibility index (Phi) is 6.26. The lowest BCUT2D eigenvalue weighted by Crippen LogP contribution is -2.53. The van der Waals surface area contributed by atoms with E-state index in [1.807, 2.05) is 40.8 Å². The van der Waals surface area contributed by atoms with Crippen LogP contribution < -0.4 is 10.6 Å². The second-order valence-corrected chi connectivity index (χ2v) is 9.05. The maximum atomic E-state index is 13.3. The number of aryl methyl sites for hydroxylation is 1. The number of imidazole rings is 1. The summed E-state index contributed by atoms with van der Waals surface area (Å²) in [5, 5.41) is 5.58. The fourth-order valence-electron chi connectivity index (χ4n) is 3.83. The summed E-state index contributed by atoms with van der Waals surface area (Å²) in [5.74, 6) is 0.204. The summed E-state index contributed by atoms with van der Waals surface area (Å²) in [7, 11) is 3.62. The van der Waals surface area contributed by atoms with E-state index in [0.717, 1.165) is 42.2 Å². The molecule has 30 heavy (non-hydrogen) atoms. The van der Waals surface area contributed by atoms with Gasteiger partial charge in [-0.2, -0.15) is 0 Å². The summed E-state index contributed by atoms with van der Waals surface area (Å²) in [6.45, 7) is 10.1. The third kappa shape index (κ3) is 4.38. The van der Waals surface area contributed by atoms with Gasteiger partial charge in [-0.3, -0.25) is 14.6 Å². The number of hydrogen-bond acceptors (Lipinski definition) is 5. The number of carbonyl (C=O) groups excluding carboxylic acids is 2. The Morgan fingerprint density at radius 1 is 1.23 bits per heavy atom. The van der Waals surface area contributed by atoms with Gasteiger partial charge in [0.05, 0.1) is 5.69 Å². The van der Waals surface area contributed by atoms with Gasteiger partial charge >= 0.3 is 0 Å². The SMILES string of the molecule is CNC(=O)[C@@H](NC(=O)c1nc(-c2cnccc2C)n2c1CN(C)CCC2)C(C)(C)C. The van der Waals surface area contributed by atoms with Crippen LogP contribution in [0.3, 0.4) is 0 Å². The van der Waals surface area contributed by atoms with Crippen LogP contribution in [0.15, 0.2) is 18.5 Å². The zero-order chi connectivity index (χ0) is 22.1. The van der Waals surface area contributed by atoms with Gasteiger partial charge in [-0.05, 0) is 44.0 Å². The number of pyridine rings is 1. The maximum Gasteiger partial charge on any atom is 0.272 e. The molecule has 0 unspecified atom stereocenters. The highest BCUT2D eigenvalue weighted by atomic mass is 16.2. The molecule has 1 aliphatic heterocycles. The van der Waals surface area contributed by atoms with Gasteiger partial charge in [-0.15, -0.1) is 0 Å². The summed E-state index contributed by atoms with van der Waals surface area (Å²) in [6, 6.07) is 1.28. The number of hydrogen-bond donors (Lipinski definition) is 2. The third-order valence-corrected chi connectivity index (χ3v) is 5.56. The van der Waals surface area contributed by atoms with Crippen molar-refractivity contribution in [1.29, 1.82) is 0 Å². The van der Waals surface area contributed by atoms with Crippen molar-refractivity contribution >= 4 is 11.8 Å². The Hall–Kier alpha value is -2.74. The quantitative estimate of drug-likeness (QED) is 0.801. The van der Waals surface area contributed by atoms with Crippen molar-refractivity contribution in [3.63, 3.8) is 0 Å². The van der Waals surface area contributed by atoms with Gasteiger partial charge in [0.2, 0.25) is 5.91 Å². The Morgan fingerprint density at radius 3 is 2.60 bits per heavy atom. The molecule has 8 heteroatoms. The first-order chi connectivity index (χ1) is 14.1. The topological polar surface area (TPSA) is 92.1 Å². The number of aromatic nitrogens is 3. The van der Waals surface area contributed by atoms with Crippen LogP contribution >= 0.6 is 0 Å². The summed E-state index contributed by atoms with van der Waals surface area (Å²) < 4.78 is 2.13. The van der Waals surface area contributed by atoms with Crippen LogP contribution in [0.5, 0.6) is 0 Å². The number of rotatable bonds is 4. The summed E-state index contributed by atoms with van der Waals surface area (Å²) in [5.41, 5.74) is 2.78. The summed E-state index contributed by atoms with van der Waals surface area (Å²) in [4.78, 5) is 37.0. The van der Waals surface area contributed by atoms with E-state index >= 15 is 0 Å². The lowest BCUT2D eigenvalue weighted by molar-refractivity contribution is -0.124. The van der Waals surface area contributed by atoms with Crippen molar-refractivity contribution in [1.82, 2.24) is 30.1 Å². The Balaban J connectivity index is 2.07. The summed E-state index contributed by atoms with van der Waals surface area (Å²) in [6.07, 6.45) is 4.52. The van der Waals surface area contributed by atoms with E-state index in [9.17, 15) is 9.59 Å². The molecule has 0 spiro atoms. The van der Waals surface area contributed by atoms with Gasteiger partial charge in [-0.1, -0.05) is 20.8 Å². The van der Waals surface area contributed by atoms with Crippen molar-refractivity contribution in [2.24, 2.45) is 5.41 Å². The molecule has 0 aliphatic carbocycles. The van der Waals surface area contributed by atoms with E-state index in [-0.39, 0.29) is 11.8 Å². The molecule has 1 atom stereocenters. The average molecular weight is 413 g/mol. The molecule has 0 saturated carbocycles. The van der Waals surface area contributed by atoms with Crippen molar-refractivity contribution in [2.45, 2.75) is 53.2 Å². The first-order valence-corrected chi connectivity index (χ1v) is 10.3. The molecule has 2 N–H and O–H groups in total. The highest BCUT2D eigenvalue weighted by Gasteiger charge is 2.34. The Bertz CT molecular complexity index is 944. The van der Waals surface area contributed by atoms with E-state index < -0.39 is 11.5 Å². The van der Waals surface area contributed by atoms with Gasteiger partial charge in [0.25, 0.3) is 5.91 Å². The number of fused-ring (bicyclic) bond motifs is 1. The summed E-state index contributed by atoms with van der Waals surface area (Å²) >= 11 is 0. The van der Waals surface area contributed by atoms with Gasteiger partial charge in [0, 0.05) is 38.1 Å². The van der Waals surface area contributed by atoms with Crippen LogP contribution in [0.2, 0.25) is 0 Å². The minimum Gasteiger partial charge on any atom is -0.357 e. The molecule has 0 aromatic carbocycles. The van der Waals surface area contributed by atoms with E-state index in [2.05, 4.69) is 25.1 Å². The molecule has 3 heterocycles. The molecule has 2 aromatic rings. The number of carbonyl (C=O) groups is 2. The Labute approximate surface area is 178 Å². The fourth-order valence-corrected chi connectivity index (χ4v) is 3.83. The van der Waals surface area contributed by atoms with Crippen LogP contribution in [-0.2, 0) is 17.9 Å². The Morgan fingerprint density at radius 2 is 1.97 bits per heavy atom. The molecule has 0 radical (unpaired) electrons. The molecule has 0 saturated heterocycles. The van der Waals surface area contributed by atoms with E-state index in [4.69, 9.17) is 4.98 Å². The lowest BCUT2D eigenvalue weighted by Gasteiger charge is -2.29. The molecular weight excluding hydrogens is 380 g/mol. The highest BCUT2D eigenvalue weighted by Crippen LogP contribution is 2.28. The van der Waals surface area contributed by atoms with Crippen LogP contribution in [0, 0.1) is 12.3 Å². The highest BCUT2D eigenvalue weighted by molar-refractivity contribution is 5.98. The van der Waals surface area contributed by atoms with Crippen molar-refractivity contribution in [2.75, 3.05) is 20.6 Å². The number of amides is 2. The molecule has 0 bridgehead atoms. The van der Waals surface area contributed by atoms with Crippen molar-refractivity contribution < 1.29 is 9.59 Å². The van der Waals surface area contributed by atoms with E-state index in [0.29, 0.717) is 12.2 Å². The number of nitrogens with one attached hydrogen (secondary N) is 2.